The van der Waals surface area contributed by atoms with Gasteiger partial charge in [0.2, 0.25) is 5.91 Å². The number of nitrogens with zero attached hydrogens (tertiary/aromatic N) is 1. The lowest BCUT2D eigenvalue weighted by molar-refractivity contribution is -0.128. The Morgan fingerprint density at radius 3 is 2.30 bits per heavy atom. The quantitative estimate of drug-likeness (QED) is 0.310. The first-order valence-corrected chi connectivity index (χ1v) is 7.88. The summed E-state index contributed by atoms with van der Waals surface area (Å²) >= 11 is 0. The van der Waals surface area contributed by atoms with E-state index in [0.717, 1.165) is 11.8 Å². The number of hydrogen-bond acceptors (Lipinski definition) is 3. The summed E-state index contributed by atoms with van der Waals surface area (Å²) in [6.45, 7) is 3.83. The van der Waals surface area contributed by atoms with Crippen LogP contribution in [0.1, 0.15) is 46.0 Å². The minimum absolute atomic E-state index is 0.0359. The van der Waals surface area contributed by atoms with Crippen molar-refractivity contribution in [1.82, 2.24) is 5.32 Å². The second-order valence-electron chi connectivity index (χ2n) is 6.76. The first-order valence-electron chi connectivity index (χ1n) is 7.88. The fraction of sp³-hybridized carbons (Fsp3) is 0.867. The molecule has 3 aliphatic rings. The number of carbonyl (C=O) groups excluding carboxylic acids is 1. The highest BCUT2D eigenvalue weighted by atomic mass is 16.4. The molecule has 3 rings (SSSR count). The van der Waals surface area contributed by atoms with Gasteiger partial charge in [-0.3, -0.25) is 4.79 Å². The van der Waals surface area contributed by atoms with Crippen molar-refractivity contribution in [3.8, 4) is 0 Å². The number of rotatable bonds is 5. The fourth-order valence-electron chi connectivity index (χ4n) is 4.95. The summed E-state index contributed by atoms with van der Waals surface area (Å²) in [6, 6.07) is 0.345. The van der Waals surface area contributed by atoms with Crippen molar-refractivity contribution < 1.29 is 10.0 Å². The molecule has 4 N–H and O–H groups in total. The molecule has 4 atom stereocenters. The number of amides is 1. The third-order valence-electron chi connectivity index (χ3n) is 6.27. The number of hydrogen-bond donors (Lipinski definition) is 3. The zero-order valence-electron chi connectivity index (χ0n) is 12.3. The number of carbonyl (C=O) groups is 1. The number of amidine groups is 1. The summed E-state index contributed by atoms with van der Waals surface area (Å²) in [7, 11) is 0. The number of oxime groups is 1. The van der Waals surface area contributed by atoms with Crippen LogP contribution < -0.4 is 11.1 Å². The van der Waals surface area contributed by atoms with E-state index in [1.54, 1.807) is 0 Å². The Morgan fingerprint density at radius 1 is 1.30 bits per heavy atom. The molecule has 20 heavy (non-hydrogen) atoms. The molecule has 3 fully saturated rings. The Hall–Kier alpha value is -1.26. The molecular weight excluding hydrogens is 254 g/mol. The van der Waals surface area contributed by atoms with Gasteiger partial charge in [0, 0.05) is 6.04 Å². The van der Waals surface area contributed by atoms with E-state index >= 15 is 0 Å². The normalized spacial score (nSPS) is 38.7. The van der Waals surface area contributed by atoms with E-state index < -0.39 is 5.41 Å². The summed E-state index contributed by atoms with van der Waals surface area (Å²) in [6.07, 6.45) is 5.16. The van der Waals surface area contributed by atoms with Crippen LogP contribution in [0, 0.1) is 29.1 Å². The van der Waals surface area contributed by atoms with Gasteiger partial charge in [-0.2, -0.15) is 0 Å². The Bertz CT molecular complexity index is 428. The molecule has 0 spiro atoms. The van der Waals surface area contributed by atoms with Gasteiger partial charge in [-0.15, -0.1) is 0 Å². The molecule has 3 saturated carbocycles. The highest BCUT2D eigenvalue weighted by Crippen LogP contribution is 2.65. The Kier molecular flexibility index (Phi) is 3.18. The van der Waals surface area contributed by atoms with Gasteiger partial charge in [-0.1, -0.05) is 19.0 Å². The van der Waals surface area contributed by atoms with Crippen LogP contribution >= 0.6 is 0 Å². The van der Waals surface area contributed by atoms with Crippen molar-refractivity contribution in [2.45, 2.75) is 52.0 Å². The van der Waals surface area contributed by atoms with Gasteiger partial charge in [0.05, 0.1) is 0 Å². The van der Waals surface area contributed by atoms with E-state index in [2.05, 4.69) is 10.5 Å². The number of nitrogens with two attached hydrogens (primary N) is 1. The van der Waals surface area contributed by atoms with Crippen molar-refractivity contribution in [2.24, 2.45) is 40.0 Å². The van der Waals surface area contributed by atoms with Crippen LogP contribution in [0.2, 0.25) is 0 Å². The summed E-state index contributed by atoms with van der Waals surface area (Å²) in [5, 5.41) is 15.3. The van der Waals surface area contributed by atoms with Crippen molar-refractivity contribution in [3.05, 3.63) is 0 Å². The molecule has 5 heteroatoms. The van der Waals surface area contributed by atoms with Crippen molar-refractivity contribution in [2.75, 3.05) is 0 Å². The minimum atomic E-state index is -0.856. The van der Waals surface area contributed by atoms with E-state index in [9.17, 15) is 4.79 Å². The Morgan fingerprint density at radius 2 is 1.85 bits per heavy atom. The summed E-state index contributed by atoms with van der Waals surface area (Å²) in [5.41, 5.74) is 4.94. The molecule has 5 nitrogen and oxygen atoms in total. The molecule has 2 bridgehead atoms. The van der Waals surface area contributed by atoms with E-state index in [1.165, 1.54) is 19.3 Å². The largest absolute Gasteiger partial charge is 0.409 e. The first kappa shape index (κ1) is 13.7. The van der Waals surface area contributed by atoms with Crippen molar-refractivity contribution in [3.63, 3.8) is 0 Å². The van der Waals surface area contributed by atoms with E-state index in [-0.39, 0.29) is 11.7 Å². The molecule has 4 unspecified atom stereocenters. The van der Waals surface area contributed by atoms with Crippen LogP contribution in [-0.2, 0) is 4.79 Å². The Balaban J connectivity index is 1.70. The zero-order valence-corrected chi connectivity index (χ0v) is 12.3. The first-order chi connectivity index (χ1) is 9.58. The maximum absolute atomic E-state index is 12.7. The highest BCUT2D eigenvalue weighted by Gasteiger charge is 2.65. The maximum atomic E-state index is 12.7. The van der Waals surface area contributed by atoms with Crippen LogP contribution in [0.3, 0.4) is 0 Å². The van der Waals surface area contributed by atoms with Crippen molar-refractivity contribution in [1.29, 1.82) is 0 Å². The molecule has 0 aromatic heterocycles. The van der Waals surface area contributed by atoms with Gasteiger partial charge in [0.25, 0.3) is 0 Å². The maximum Gasteiger partial charge on any atom is 0.234 e. The van der Waals surface area contributed by atoms with Crippen LogP contribution in [0.4, 0.5) is 0 Å². The van der Waals surface area contributed by atoms with Crippen LogP contribution in [0.15, 0.2) is 5.16 Å². The minimum Gasteiger partial charge on any atom is -0.409 e. The predicted molar refractivity (Wildman–Crippen MR) is 76.2 cm³/mol. The standard InChI is InChI=1S/C15H25N3O2/c1-3-15(4-2,13(16)18-20)14(19)17-12-10-8-5-6-9(7-8)11(10)12/h8-12,20H,3-7H2,1-2H3,(H2,16,18)(H,17,19). The molecule has 0 saturated heterocycles. The smallest absolute Gasteiger partial charge is 0.234 e. The average molecular weight is 279 g/mol. The van der Waals surface area contributed by atoms with Crippen LogP contribution in [-0.4, -0.2) is 23.0 Å². The Labute approximate surface area is 120 Å². The summed E-state index contributed by atoms with van der Waals surface area (Å²) in [4.78, 5) is 12.7. The fourth-order valence-corrected chi connectivity index (χ4v) is 4.95. The van der Waals surface area contributed by atoms with Crippen molar-refractivity contribution >= 4 is 11.7 Å². The predicted octanol–water partition coefficient (Wildman–Crippen LogP) is 1.70. The number of fused-ring (bicyclic) bond motifs is 5. The van der Waals surface area contributed by atoms with E-state index in [4.69, 9.17) is 10.9 Å². The highest BCUT2D eigenvalue weighted by molar-refractivity contribution is 6.06. The lowest BCUT2D eigenvalue weighted by Gasteiger charge is -2.29. The van der Waals surface area contributed by atoms with Crippen LogP contribution in [0.5, 0.6) is 0 Å². The molecule has 112 valence electrons. The molecule has 1 amide bonds. The van der Waals surface area contributed by atoms with E-state index in [0.29, 0.717) is 30.7 Å². The lowest BCUT2D eigenvalue weighted by Crippen LogP contribution is -2.50. The SMILES string of the molecule is CCC(CC)(C(=O)NC1C2C3CCC(C3)C12)C(N)=NO. The monoisotopic (exact) mass is 279 g/mol. The molecule has 3 aliphatic carbocycles. The van der Waals surface area contributed by atoms with Gasteiger partial charge >= 0.3 is 0 Å². The van der Waals surface area contributed by atoms with Gasteiger partial charge in [-0.05, 0) is 55.8 Å². The molecule has 0 aromatic rings. The summed E-state index contributed by atoms with van der Waals surface area (Å²) < 4.78 is 0. The average Bonchev–Trinajstić information content (AvgIpc) is 2.86. The summed E-state index contributed by atoms with van der Waals surface area (Å²) in [5.74, 6) is 3.05. The zero-order chi connectivity index (χ0) is 14.5. The van der Waals surface area contributed by atoms with E-state index in [1.807, 2.05) is 13.8 Å². The second kappa shape index (κ2) is 4.64. The second-order valence-corrected chi connectivity index (χ2v) is 6.76. The molecule has 0 radical (unpaired) electrons. The van der Waals surface area contributed by atoms with Gasteiger partial charge in [0.15, 0.2) is 5.84 Å². The van der Waals surface area contributed by atoms with Gasteiger partial charge in [0.1, 0.15) is 5.41 Å². The van der Waals surface area contributed by atoms with Gasteiger partial charge < -0.3 is 16.3 Å². The molecule has 0 heterocycles. The molecule has 0 aliphatic heterocycles. The van der Waals surface area contributed by atoms with Crippen LogP contribution in [0.25, 0.3) is 0 Å². The number of nitrogens with one attached hydrogen (secondary N) is 1. The molecule has 0 aromatic carbocycles. The third-order valence-corrected chi connectivity index (χ3v) is 6.27. The topological polar surface area (TPSA) is 87.7 Å². The lowest BCUT2D eigenvalue weighted by atomic mass is 9.80. The molecular formula is C15H25N3O2. The van der Waals surface area contributed by atoms with Gasteiger partial charge in [-0.25, -0.2) is 0 Å². The third kappa shape index (κ3) is 1.68.